The van der Waals surface area contributed by atoms with Crippen molar-refractivity contribution in [2.24, 2.45) is 4.99 Å². The lowest BCUT2D eigenvalue weighted by molar-refractivity contribution is 0.476. The van der Waals surface area contributed by atoms with Gasteiger partial charge in [0.05, 0.1) is 18.1 Å². The molecule has 0 aliphatic carbocycles. The molecule has 0 bridgehead atoms. The zero-order chi connectivity index (χ0) is 20.0. The highest BCUT2D eigenvalue weighted by Gasteiger charge is 2.28. The van der Waals surface area contributed by atoms with Crippen LogP contribution < -0.4 is 15.4 Å². The molecule has 2 N–H and O–H groups in total. The Morgan fingerprint density at radius 2 is 1.90 bits per heavy atom. The molecule has 1 unspecified atom stereocenters. The average Bonchev–Trinajstić information content (AvgIpc) is 3.01. The molecule has 8 heteroatoms. The van der Waals surface area contributed by atoms with E-state index in [0.717, 1.165) is 17.1 Å². The summed E-state index contributed by atoms with van der Waals surface area (Å²) in [7, 11) is -2.93. The van der Waals surface area contributed by atoms with Crippen LogP contribution in [0, 0.1) is 6.92 Å². The van der Waals surface area contributed by atoms with Crippen LogP contribution in [-0.4, -0.2) is 38.5 Å². The molecule has 29 heavy (non-hydrogen) atoms. The SMILES string of the molecule is CCNC(=NCc1ccccc1Oc1ccc(C)cc1)NC1CCS(=O)(=O)C1.I. The maximum Gasteiger partial charge on any atom is 0.191 e. The van der Waals surface area contributed by atoms with Gasteiger partial charge in [0.25, 0.3) is 0 Å². The summed E-state index contributed by atoms with van der Waals surface area (Å²) in [5.74, 6) is 2.55. The molecule has 6 nitrogen and oxygen atoms in total. The summed E-state index contributed by atoms with van der Waals surface area (Å²) in [4.78, 5) is 4.63. The topological polar surface area (TPSA) is 79.8 Å². The summed E-state index contributed by atoms with van der Waals surface area (Å²) < 4.78 is 29.4. The molecule has 1 aliphatic rings. The average molecular weight is 529 g/mol. The summed E-state index contributed by atoms with van der Waals surface area (Å²) in [5.41, 5.74) is 2.14. The van der Waals surface area contributed by atoms with Crippen molar-refractivity contribution in [2.45, 2.75) is 32.9 Å². The van der Waals surface area contributed by atoms with Gasteiger partial charge in [0.15, 0.2) is 15.8 Å². The number of hydrogen-bond acceptors (Lipinski definition) is 4. The van der Waals surface area contributed by atoms with Gasteiger partial charge in [-0.25, -0.2) is 13.4 Å². The fourth-order valence-electron chi connectivity index (χ4n) is 3.05. The molecule has 0 aromatic heterocycles. The minimum atomic E-state index is -2.93. The molecule has 3 rings (SSSR count). The van der Waals surface area contributed by atoms with E-state index in [4.69, 9.17) is 4.74 Å². The zero-order valence-corrected chi connectivity index (χ0v) is 19.9. The van der Waals surface area contributed by atoms with Crippen molar-refractivity contribution >= 4 is 39.8 Å². The number of guanidine groups is 1. The van der Waals surface area contributed by atoms with Gasteiger partial charge in [0.2, 0.25) is 0 Å². The molecule has 1 heterocycles. The normalized spacial score (nSPS) is 18.0. The summed E-state index contributed by atoms with van der Waals surface area (Å²) >= 11 is 0. The molecule has 1 fully saturated rings. The summed E-state index contributed by atoms with van der Waals surface area (Å²) in [6.45, 7) is 5.15. The summed E-state index contributed by atoms with van der Waals surface area (Å²) in [5, 5.41) is 6.42. The summed E-state index contributed by atoms with van der Waals surface area (Å²) in [6.07, 6.45) is 0.611. The predicted molar refractivity (Wildman–Crippen MR) is 128 cm³/mol. The van der Waals surface area contributed by atoms with E-state index in [2.05, 4.69) is 15.6 Å². The Balaban J connectivity index is 0.00000300. The first-order valence-electron chi connectivity index (χ1n) is 9.53. The number of rotatable bonds is 6. The van der Waals surface area contributed by atoms with Gasteiger partial charge in [-0.1, -0.05) is 35.9 Å². The second-order valence-electron chi connectivity index (χ2n) is 6.96. The van der Waals surface area contributed by atoms with Gasteiger partial charge in [-0.05, 0) is 38.5 Å². The third-order valence-corrected chi connectivity index (χ3v) is 6.31. The predicted octanol–water partition coefficient (Wildman–Crippen LogP) is 3.65. The van der Waals surface area contributed by atoms with Crippen molar-refractivity contribution < 1.29 is 13.2 Å². The largest absolute Gasteiger partial charge is 0.457 e. The number of nitrogens with one attached hydrogen (secondary N) is 2. The molecule has 0 saturated carbocycles. The number of halogens is 1. The number of aryl methyl sites for hydroxylation is 1. The van der Waals surface area contributed by atoms with Crippen LogP contribution in [0.2, 0.25) is 0 Å². The highest BCUT2D eigenvalue weighted by Crippen LogP contribution is 2.26. The van der Waals surface area contributed by atoms with Gasteiger partial charge in [0, 0.05) is 18.2 Å². The van der Waals surface area contributed by atoms with Crippen LogP contribution in [0.1, 0.15) is 24.5 Å². The Kier molecular flexibility index (Phi) is 8.76. The van der Waals surface area contributed by atoms with Gasteiger partial charge < -0.3 is 15.4 Å². The van der Waals surface area contributed by atoms with E-state index in [-0.39, 0.29) is 41.5 Å². The first kappa shape index (κ1) is 23.5. The van der Waals surface area contributed by atoms with E-state index >= 15 is 0 Å². The van der Waals surface area contributed by atoms with Crippen molar-refractivity contribution in [3.8, 4) is 11.5 Å². The third-order valence-electron chi connectivity index (χ3n) is 4.55. The molecule has 0 spiro atoms. The Morgan fingerprint density at radius 1 is 1.17 bits per heavy atom. The lowest BCUT2D eigenvalue weighted by atomic mass is 10.2. The van der Waals surface area contributed by atoms with Crippen LogP contribution in [0.3, 0.4) is 0 Å². The first-order chi connectivity index (χ1) is 13.4. The molecule has 158 valence electrons. The second-order valence-corrected chi connectivity index (χ2v) is 9.19. The Morgan fingerprint density at radius 3 is 2.55 bits per heavy atom. The molecule has 2 aromatic rings. The van der Waals surface area contributed by atoms with Gasteiger partial charge in [-0.2, -0.15) is 0 Å². The lowest BCUT2D eigenvalue weighted by Gasteiger charge is -2.16. The maximum absolute atomic E-state index is 11.7. The number of ether oxygens (including phenoxy) is 1. The summed E-state index contributed by atoms with van der Waals surface area (Å²) in [6, 6.07) is 15.6. The van der Waals surface area contributed by atoms with Crippen molar-refractivity contribution in [3.05, 3.63) is 59.7 Å². The van der Waals surface area contributed by atoms with Crippen LogP contribution in [0.5, 0.6) is 11.5 Å². The van der Waals surface area contributed by atoms with Crippen molar-refractivity contribution in [1.82, 2.24) is 10.6 Å². The van der Waals surface area contributed by atoms with Crippen molar-refractivity contribution in [3.63, 3.8) is 0 Å². The van der Waals surface area contributed by atoms with Gasteiger partial charge in [-0.15, -0.1) is 24.0 Å². The Labute approximate surface area is 190 Å². The number of sulfone groups is 1. The highest BCUT2D eigenvalue weighted by atomic mass is 127. The van der Waals surface area contributed by atoms with Crippen molar-refractivity contribution in [2.75, 3.05) is 18.1 Å². The number of benzene rings is 2. The van der Waals surface area contributed by atoms with E-state index < -0.39 is 9.84 Å². The number of hydrogen-bond donors (Lipinski definition) is 2. The Hall–Kier alpha value is -1.81. The number of aliphatic imine (C=N–C) groups is 1. The molecular weight excluding hydrogens is 501 g/mol. The molecule has 1 aliphatic heterocycles. The molecule has 1 atom stereocenters. The van der Waals surface area contributed by atoms with Gasteiger partial charge in [-0.3, -0.25) is 0 Å². The maximum atomic E-state index is 11.7. The van der Waals surface area contributed by atoms with Crippen molar-refractivity contribution in [1.29, 1.82) is 0 Å². The fraction of sp³-hybridized carbons (Fsp3) is 0.381. The monoisotopic (exact) mass is 529 g/mol. The molecule has 2 aromatic carbocycles. The minimum absolute atomic E-state index is 0. The third kappa shape index (κ3) is 7.18. The van der Waals surface area contributed by atoms with Crippen LogP contribution in [0.25, 0.3) is 0 Å². The van der Waals surface area contributed by atoms with Gasteiger partial charge in [0.1, 0.15) is 11.5 Å². The molecule has 0 amide bonds. The second kappa shape index (κ2) is 10.8. The highest BCUT2D eigenvalue weighted by molar-refractivity contribution is 14.0. The quantitative estimate of drug-likeness (QED) is 0.340. The van der Waals surface area contributed by atoms with Crippen LogP contribution in [0.15, 0.2) is 53.5 Å². The molecule has 0 radical (unpaired) electrons. The van der Waals surface area contributed by atoms with E-state index in [1.54, 1.807) is 0 Å². The fourth-order valence-corrected chi connectivity index (χ4v) is 4.73. The lowest BCUT2D eigenvalue weighted by Crippen LogP contribution is -2.44. The minimum Gasteiger partial charge on any atom is -0.457 e. The van der Waals surface area contributed by atoms with E-state index in [9.17, 15) is 8.42 Å². The van der Waals surface area contributed by atoms with E-state index in [1.807, 2.05) is 62.4 Å². The number of nitrogens with zero attached hydrogens (tertiary/aromatic N) is 1. The standard InChI is InChI=1S/C21H27N3O3S.HI/c1-3-22-21(24-18-12-13-28(25,26)15-18)23-14-17-6-4-5-7-20(17)27-19-10-8-16(2)9-11-19;/h4-11,18H,3,12-15H2,1-2H3,(H2,22,23,24);1H. The smallest absolute Gasteiger partial charge is 0.191 e. The first-order valence-corrected chi connectivity index (χ1v) is 11.3. The van der Waals surface area contributed by atoms with Crippen LogP contribution in [-0.2, 0) is 16.4 Å². The number of para-hydroxylation sites is 1. The molecule has 1 saturated heterocycles. The van der Waals surface area contributed by atoms with Gasteiger partial charge >= 0.3 is 0 Å². The zero-order valence-electron chi connectivity index (χ0n) is 16.7. The van der Waals surface area contributed by atoms with E-state index in [1.165, 1.54) is 5.56 Å². The Bertz CT molecular complexity index is 930. The van der Waals surface area contributed by atoms with E-state index in [0.29, 0.717) is 25.5 Å². The van der Waals surface area contributed by atoms with Crippen LogP contribution in [0.4, 0.5) is 0 Å². The van der Waals surface area contributed by atoms with Crippen LogP contribution >= 0.6 is 24.0 Å². The molecular formula is C21H28IN3O3S.